The van der Waals surface area contributed by atoms with Crippen molar-refractivity contribution in [3.8, 4) is 0 Å². The summed E-state index contributed by atoms with van der Waals surface area (Å²) in [5.74, 6) is 1.81. The fourth-order valence-corrected chi connectivity index (χ4v) is 4.51. The molecule has 6 nitrogen and oxygen atoms in total. The fourth-order valence-electron chi connectivity index (χ4n) is 4.27. The van der Waals surface area contributed by atoms with Crippen molar-refractivity contribution in [2.24, 2.45) is 5.92 Å². The number of aromatic nitrogens is 1. The van der Waals surface area contributed by atoms with E-state index in [4.69, 9.17) is 4.74 Å². The Morgan fingerprint density at radius 1 is 1.17 bits per heavy atom. The highest BCUT2D eigenvalue weighted by Crippen LogP contribution is 2.25. The molecule has 0 bridgehead atoms. The Kier molecular flexibility index (Phi) is 7.43. The lowest BCUT2D eigenvalue weighted by atomic mass is 9.94. The van der Waals surface area contributed by atoms with Crippen LogP contribution in [0.25, 0.3) is 0 Å². The number of amides is 1. The van der Waals surface area contributed by atoms with Crippen LogP contribution >= 0.6 is 15.9 Å². The van der Waals surface area contributed by atoms with Crippen molar-refractivity contribution in [3.05, 3.63) is 22.8 Å². The summed E-state index contributed by atoms with van der Waals surface area (Å²) in [6, 6.07) is 4.71. The van der Waals surface area contributed by atoms with Crippen LogP contribution in [0.1, 0.15) is 46.5 Å². The van der Waals surface area contributed by atoms with Crippen LogP contribution in [0.4, 0.5) is 10.6 Å². The first kappa shape index (κ1) is 22.3. The molecule has 2 fully saturated rings. The van der Waals surface area contributed by atoms with E-state index in [1.165, 1.54) is 12.8 Å². The maximum Gasteiger partial charge on any atom is 0.410 e. The van der Waals surface area contributed by atoms with Crippen molar-refractivity contribution in [2.75, 3.05) is 44.7 Å². The summed E-state index contributed by atoms with van der Waals surface area (Å²) in [6.45, 7) is 10.6. The average molecular weight is 467 g/mol. The molecule has 0 unspecified atom stereocenters. The summed E-state index contributed by atoms with van der Waals surface area (Å²) >= 11 is 3.45. The van der Waals surface area contributed by atoms with Gasteiger partial charge in [0.25, 0.3) is 0 Å². The Bertz CT molecular complexity index is 660. The molecule has 0 aliphatic carbocycles. The first-order valence-electron chi connectivity index (χ1n) is 10.8. The monoisotopic (exact) mass is 466 g/mol. The molecule has 3 rings (SSSR count). The van der Waals surface area contributed by atoms with Crippen molar-refractivity contribution in [3.63, 3.8) is 0 Å². The second-order valence-corrected chi connectivity index (χ2v) is 10.3. The molecule has 29 heavy (non-hydrogen) atoms. The Balaban J connectivity index is 1.40. The molecule has 0 spiro atoms. The molecule has 162 valence electrons. The van der Waals surface area contributed by atoms with Crippen LogP contribution in [0.3, 0.4) is 0 Å². The number of likely N-dealkylation sites (tertiary alicyclic amines) is 1. The first-order chi connectivity index (χ1) is 13.7. The third-order valence-corrected chi connectivity index (χ3v) is 6.41. The number of hydrogen-bond donors (Lipinski definition) is 0. The van der Waals surface area contributed by atoms with E-state index in [9.17, 15) is 4.79 Å². The summed E-state index contributed by atoms with van der Waals surface area (Å²) in [5, 5.41) is 0. The van der Waals surface area contributed by atoms with Gasteiger partial charge < -0.3 is 19.4 Å². The molecule has 1 aromatic rings. The number of hydrogen-bond acceptors (Lipinski definition) is 5. The summed E-state index contributed by atoms with van der Waals surface area (Å²) in [4.78, 5) is 23.6. The number of carbonyl (C=O) groups is 1. The van der Waals surface area contributed by atoms with E-state index in [1.54, 1.807) is 0 Å². The van der Waals surface area contributed by atoms with Gasteiger partial charge in [0.15, 0.2) is 0 Å². The van der Waals surface area contributed by atoms with E-state index >= 15 is 0 Å². The standard InChI is InChI=1S/C22H35BrN4O2/c1-22(2,3)29-21(28)27-13-9-19(10-14-27)25(4)16-17-7-11-26(12-8-17)20-6-5-18(23)15-24-20/h5-6,15,17,19H,7-14,16H2,1-4H3. The minimum Gasteiger partial charge on any atom is -0.444 e. The zero-order valence-electron chi connectivity index (χ0n) is 18.2. The van der Waals surface area contributed by atoms with E-state index in [0.717, 1.165) is 61.8 Å². The summed E-state index contributed by atoms with van der Waals surface area (Å²) in [6.07, 6.45) is 6.17. The second-order valence-electron chi connectivity index (χ2n) is 9.40. The molecule has 0 atom stereocenters. The lowest BCUT2D eigenvalue weighted by molar-refractivity contribution is 0.0148. The molecule has 0 saturated carbocycles. The number of ether oxygens (including phenoxy) is 1. The van der Waals surface area contributed by atoms with Crippen molar-refractivity contribution in [1.82, 2.24) is 14.8 Å². The van der Waals surface area contributed by atoms with Gasteiger partial charge in [-0.3, -0.25) is 0 Å². The number of nitrogens with zero attached hydrogens (tertiary/aromatic N) is 4. The van der Waals surface area contributed by atoms with Crippen molar-refractivity contribution >= 4 is 27.8 Å². The smallest absolute Gasteiger partial charge is 0.410 e. The number of halogens is 1. The minimum absolute atomic E-state index is 0.174. The van der Waals surface area contributed by atoms with Crippen LogP contribution in [0.2, 0.25) is 0 Å². The van der Waals surface area contributed by atoms with E-state index in [-0.39, 0.29) is 6.09 Å². The molecule has 2 saturated heterocycles. The van der Waals surface area contributed by atoms with Crippen LogP contribution in [0.5, 0.6) is 0 Å². The van der Waals surface area contributed by atoms with E-state index in [2.05, 4.69) is 49.9 Å². The van der Waals surface area contributed by atoms with Crippen molar-refractivity contribution in [2.45, 2.75) is 58.1 Å². The number of rotatable bonds is 4. The van der Waals surface area contributed by atoms with Gasteiger partial charge in [0.05, 0.1) is 0 Å². The number of pyridine rings is 1. The van der Waals surface area contributed by atoms with Crippen LogP contribution in [0.15, 0.2) is 22.8 Å². The van der Waals surface area contributed by atoms with Crippen molar-refractivity contribution in [1.29, 1.82) is 0 Å². The van der Waals surface area contributed by atoms with Crippen LogP contribution in [-0.4, -0.2) is 72.3 Å². The number of anilines is 1. The molecular formula is C22H35BrN4O2. The summed E-state index contributed by atoms with van der Waals surface area (Å²) in [7, 11) is 2.25. The van der Waals surface area contributed by atoms with Gasteiger partial charge in [-0.25, -0.2) is 9.78 Å². The zero-order chi connectivity index (χ0) is 21.0. The van der Waals surface area contributed by atoms with E-state index in [0.29, 0.717) is 6.04 Å². The van der Waals surface area contributed by atoms with Gasteiger partial charge in [-0.05, 0) is 87.5 Å². The molecule has 2 aliphatic heterocycles. The predicted octanol–water partition coefficient (Wildman–Crippen LogP) is 4.39. The lowest BCUT2D eigenvalue weighted by Gasteiger charge is -2.40. The van der Waals surface area contributed by atoms with Gasteiger partial charge in [0.1, 0.15) is 11.4 Å². The summed E-state index contributed by atoms with van der Waals surface area (Å²) < 4.78 is 6.53. The quantitative estimate of drug-likeness (QED) is 0.658. The van der Waals surface area contributed by atoms with Crippen molar-refractivity contribution < 1.29 is 9.53 Å². The maximum atomic E-state index is 12.3. The van der Waals surface area contributed by atoms with Crippen LogP contribution in [-0.2, 0) is 4.74 Å². The highest BCUT2D eigenvalue weighted by atomic mass is 79.9. The van der Waals surface area contributed by atoms with Crippen LogP contribution in [0, 0.1) is 5.92 Å². The molecule has 1 aromatic heterocycles. The SMILES string of the molecule is CN(CC1CCN(c2ccc(Br)cn2)CC1)C1CCN(C(=O)OC(C)(C)C)CC1. The number of piperidine rings is 2. The Morgan fingerprint density at radius 2 is 1.83 bits per heavy atom. The average Bonchev–Trinajstić information content (AvgIpc) is 2.68. The Morgan fingerprint density at radius 3 is 2.38 bits per heavy atom. The van der Waals surface area contributed by atoms with Crippen LogP contribution < -0.4 is 4.90 Å². The van der Waals surface area contributed by atoms with Gasteiger partial charge >= 0.3 is 6.09 Å². The van der Waals surface area contributed by atoms with Gasteiger partial charge in [-0.15, -0.1) is 0 Å². The second kappa shape index (κ2) is 9.65. The highest BCUT2D eigenvalue weighted by Gasteiger charge is 2.30. The summed E-state index contributed by atoms with van der Waals surface area (Å²) in [5.41, 5.74) is -0.425. The Labute approximate surface area is 183 Å². The Hall–Kier alpha value is -1.34. The van der Waals surface area contributed by atoms with Gasteiger partial charge in [0.2, 0.25) is 0 Å². The minimum atomic E-state index is -0.425. The lowest BCUT2D eigenvalue weighted by Crippen LogP contribution is -2.48. The largest absolute Gasteiger partial charge is 0.444 e. The molecule has 0 N–H and O–H groups in total. The number of carbonyl (C=O) groups excluding carboxylic acids is 1. The zero-order valence-corrected chi connectivity index (χ0v) is 19.8. The third kappa shape index (κ3) is 6.57. The first-order valence-corrected chi connectivity index (χ1v) is 11.6. The predicted molar refractivity (Wildman–Crippen MR) is 120 cm³/mol. The molecule has 0 aromatic carbocycles. The normalized spacial score (nSPS) is 19.7. The fraction of sp³-hybridized carbons (Fsp3) is 0.727. The molecule has 3 heterocycles. The molecule has 0 radical (unpaired) electrons. The molecule has 7 heteroatoms. The molecule has 2 aliphatic rings. The topological polar surface area (TPSA) is 48.9 Å². The molecule has 1 amide bonds. The maximum absolute atomic E-state index is 12.3. The van der Waals surface area contributed by atoms with Gasteiger partial charge in [-0.1, -0.05) is 0 Å². The van der Waals surface area contributed by atoms with E-state index in [1.807, 2.05) is 31.9 Å². The van der Waals surface area contributed by atoms with E-state index < -0.39 is 5.60 Å². The van der Waals surface area contributed by atoms with Gasteiger partial charge in [0, 0.05) is 49.4 Å². The van der Waals surface area contributed by atoms with Gasteiger partial charge in [-0.2, -0.15) is 0 Å². The third-order valence-electron chi connectivity index (χ3n) is 5.94. The highest BCUT2D eigenvalue weighted by molar-refractivity contribution is 9.10. The molecular weight excluding hydrogens is 432 g/mol.